The molecule has 0 aliphatic carbocycles. The fraction of sp³-hybridized carbons (Fsp3) is 0.200. The van der Waals surface area contributed by atoms with Gasteiger partial charge in [-0.05, 0) is 36.2 Å². The van der Waals surface area contributed by atoms with Gasteiger partial charge in [0, 0.05) is 0 Å². The average molecular weight is 368 g/mol. The summed E-state index contributed by atoms with van der Waals surface area (Å²) in [5.74, 6) is 0.931. The van der Waals surface area contributed by atoms with Crippen LogP contribution in [0.5, 0.6) is 11.5 Å². The van der Waals surface area contributed by atoms with Crippen LogP contribution in [0.25, 0.3) is 10.2 Å². The van der Waals surface area contributed by atoms with Gasteiger partial charge in [-0.2, -0.15) is 0 Å². The molecule has 0 atom stereocenters. The minimum atomic E-state index is -0.207. The van der Waals surface area contributed by atoms with Crippen LogP contribution in [0.15, 0.2) is 55.1 Å². The Morgan fingerprint density at radius 3 is 2.88 bits per heavy atom. The Kier molecular flexibility index (Phi) is 5.86. The number of aromatic nitrogens is 1. The largest absolute Gasteiger partial charge is 0.493 e. The lowest BCUT2D eigenvalue weighted by atomic mass is 10.1. The highest BCUT2D eigenvalue weighted by Crippen LogP contribution is 2.28. The van der Waals surface area contributed by atoms with Gasteiger partial charge in [0.15, 0.2) is 18.1 Å². The topological polar surface area (TPSA) is 60.5 Å². The standard InChI is InChI=1S/C20H20N2O3S/c1-3-6-14-9-10-16(17(11-14)24-2)25-13-19(23)21-12-20-22-15-7-4-5-8-18(15)26-20/h3-5,7-11H,1,6,12-13H2,2H3,(H,21,23). The minimum absolute atomic E-state index is 0.0813. The molecule has 1 aromatic heterocycles. The molecule has 0 spiro atoms. The molecule has 0 radical (unpaired) electrons. The summed E-state index contributed by atoms with van der Waals surface area (Å²) in [6, 6.07) is 13.5. The number of hydrogen-bond acceptors (Lipinski definition) is 5. The van der Waals surface area contributed by atoms with E-state index in [0.717, 1.165) is 27.2 Å². The number of para-hydroxylation sites is 1. The molecule has 0 fully saturated rings. The van der Waals surface area contributed by atoms with E-state index in [2.05, 4.69) is 16.9 Å². The first-order valence-electron chi connectivity index (χ1n) is 8.21. The zero-order valence-electron chi connectivity index (χ0n) is 14.5. The lowest BCUT2D eigenvalue weighted by Crippen LogP contribution is -2.28. The summed E-state index contributed by atoms with van der Waals surface area (Å²) in [7, 11) is 1.58. The summed E-state index contributed by atoms with van der Waals surface area (Å²) in [6.45, 7) is 4.03. The molecule has 3 rings (SSSR count). The summed E-state index contributed by atoms with van der Waals surface area (Å²) in [5.41, 5.74) is 2.02. The normalized spacial score (nSPS) is 10.5. The number of methoxy groups -OCH3 is 1. The van der Waals surface area contributed by atoms with Crippen LogP contribution in [-0.2, 0) is 17.8 Å². The summed E-state index contributed by atoms with van der Waals surface area (Å²) < 4.78 is 12.0. The van der Waals surface area contributed by atoms with Crippen molar-refractivity contribution < 1.29 is 14.3 Å². The number of ether oxygens (including phenoxy) is 2. The number of allylic oxidation sites excluding steroid dienone is 1. The van der Waals surface area contributed by atoms with E-state index in [9.17, 15) is 4.79 Å². The third-order valence-electron chi connectivity index (χ3n) is 3.74. The Balaban J connectivity index is 1.54. The molecular formula is C20H20N2O3S. The highest BCUT2D eigenvalue weighted by atomic mass is 32.1. The van der Waals surface area contributed by atoms with Crippen LogP contribution in [0.1, 0.15) is 10.6 Å². The van der Waals surface area contributed by atoms with E-state index in [1.54, 1.807) is 24.5 Å². The number of carbonyl (C=O) groups is 1. The quantitative estimate of drug-likeness (QED) is 0.616. The zero-order chi connectivity index (χ0) is 18.4. The predicted molar refractivity (Wildman–Crippen MR) is 104 cm³/mol. The molecule has 0 aliphatic rings. The Bertz CT molecular complexity index is 887. The number of thiazole rings is 1. The van der Waals surface area contributed by atoms with Crippen LogP contribution in [-0.4, -0.2) is 24.6 Å². The first kappa shape index (κ1) is 17.9. The first-order valence-corrected chi connectivity index (χ1v) is 9.03. The summed E-state index contributed by atoms with van der Waals surface area (Å²) in [6.07, 6.45) is 2.57. The van der Waals surface area contributed by atoms with Crippen molar-refractivity contribution in [3.63, 3.8) is 0 Å². The second kappa shape index (κ2) is 8.49. The number of hydrogen-bond donors (Lipinski definition) is 1. The van der Waals surface area contributed by atoms with Gasteiger partial charge in [-0.3, -0.25) is 4.79 Å². The molecule has 1 heterocycles. The molecule has 3 aromatic rings. The smallest absolute Gasteiger partial charge is 0.258 e. The molecular weight excluding hydrogens is 348 g/mol. The van der Waals surface area contributed by atoms with Crippen molar-refractivity contribution in [2.45, 2.75) is 13.0 Å². The minimum Gasteiger partial charge on any atom is -0.493 e. The van der Waals surface area contributed by atoms with Gasteiger partial charge in [0.2, 0.25) is 0 Å². The van der Waals surface area contributed by atoms with Crippen molar-refractivity contribution >= 4 is 27.5 Å². The first-order chi connectivity index (χ1) is 12.7. The fourth-order valence-corrected chi connectivity index (χ4v) is 3.40. The van der Waals surface area contributed by atoms with Crippen molar-refractivity contribution in [3.05, 3.63) is 65.7 Å². The SMILES string of the molecule is C=CCc1ccc(OCC(=O)NCc2nc3ccccc3s2)c(OC)c1. The van der Waals surface area contributed by atoms with E-state index in [4.69, 9.17) is 9.47 Å². The van der Waals surface area contributed by atoms with Crippen molar-refractivity contribution in [1.82, 2.24) is 10.3 Å². The number of rotatable bonds is 8. The maximum atomic E-state index is 12.1. The van der Waals surface area contributed by atoms with Gasteiger partial charge in [-0.25, -0.2) is 4.98 Å². The number of nitrogens with zero attached hydrogens (tertiary/aromatic N) is 1. The van der Waals surface area contributed by atoms with Gasteiger partial charge >= 0.3 is 0 Å². The van der Waals surface area contributed by atoms with E-state index in [1.807, 2.05) is 42.5 Å². The highest BCUT2D eigenvalue weighted by molar-refractivity contribution is 7.18. The van der Waals surface area contributed by atoms with E-state index in [0.29, 0.717) is 18.0 Å². The number of amides is 1. The van der Waals surface area contributed by atoms with E-state index >= 15 is 0 Å². The molecule has 5 nitrogen and oxygen atoms in total. The summed E-state index contributed by atoms with van der Waals surface area (Å²) in [5, 5.41) is 3.70. The zero-order valence-corrected chi connectivity index (χ0v) is 15.3. The Labute approximate surface area is 156 Å². The van der Waals surface area contributed by atoms with Crippen molar-refractivity contribution in [1.29, 1.82) is 0 Å². The van der Waals surface area contributed by atoms with Gasteiger partial charge < -0.3 is 14.8 Å². The van der Waals surface area contributed by atoms with Crippen LogP contribution in [0.2, 0.25) is 0 Å². The molecule has 2 aromatic carbocycles. The molecule has 0 saturated heterocycles. The Hall–Kier alpha value is -2.86. The fourth-order valence-electron chi connectivity index (χ4n) is 2.49. The van der Waals surface area contributed by atoms with Crippen molar-refractivity contribution in [2.75, 3.05) is 13.7 Å². The van der Waals surface area contributed by atoms with Gasteiger partial charge in [0.1, 0.15) is 5.01 Å². The van der Waals surface area contributed by atoms with E-state index in [1.165, 1.54) is 0 Å². The van der Waals surface area contributed by atoms with Gasteiger partial charge in [-0.15, -0.1) is 17.9 Å². The maximum absolute atomic E-state index is 12.1. The molecule has 1 N–H and O–H groups in total. The molecule has 6 heteroatoms. The number of benzene rings is 2. The van der Waals surface area contributed by atoms with Crippen LogP contribution < -0.4 is 14.8 Å². The predicted octanol–water partition coefficient (Wildman–Crippen LogP) is 3.73. The molecule has 0 aliphatic heterocycles. The monoisotopic (exact) mass is 368 g/mol. The third kappa shape index (κ3) is 4.40. The molecule has 0 saturated carbocycles. The Morgan fingerprint density at radius 2 is 2.12 bits per heavy atom. The summed E-state index contributed by atoms with van der Waals surface area (Å²) in [4.78, 5) is 16.6. The molecule has 26 heavy (non-hydrogen) atoms. The van der Waals surface area contributed by atoms with Crippen LogP contribution in [0.3, 0.4) is 0 Å². The summed E-state index contributed by atoms with van der Waals surface area (Å²) >= 11 is 1.57. The number of fused-ring (bicyclic) bond motifs is 1. The van der Waals surface area contributed by atoms with E-state index < -0.39 is 0 Å². The lowest BCUT2D eigenvalue weighted by molar-refractivity contribution is -0.123. The van der Waals surface area contributed by atoms with Crippen molar-refractivity contribution in [2.24, 2.45) is 0 Å². The highest BCUT2D eigenvalue weighted by Gasteiger charge is 2.10. The van der Waals surface area contributed by atoms with Gasteiger partial charge in [0.05, 0.1) is 23.9 Å². The second-order valence-corrected chi connectivity index (χ2v) is 6.73. The maximum Gasteiger partial charge on any atom is 0.258 e. The molecule has 0 bridgehead atoms. The number of carbonyl (C=O) groups excluding carboxylic acids is 1. The molecule has 0 unspecified atom stereocenters. The number of nitrogens with one attached hydrogen (secondary N) is 1. The van der Waals surface area contributed by atoms with Gasteiger partial charge in [-0.1, -0.05) is 24.3 Å². The molecule has 1 amide bonds. The second-order valence-electron chi connectivity index (χ2n) is 5.62. The van der Waals surface area contributed by atoms with Gasteiger partial charge in [0.25, 0.3) is 5.91 Å². The van der Waals surface area contributed by atoms with Crippen LogP contribution >= 0.6 is 11.3 Å². The van der Waals surface area contributed by atoms with Crippen molar-refractivity contribution in [3.8, 4) is 11.5 Å². The molecule has 134 valence electrons. The van der Waals surface area contributed by atoms with Crippen LogP contribution in [0, 0.1) is 0 Å². The third-order valence-corrected chi connectivity index (χ3v) is 4.78. The van der Waals surface area contributed by atoms with Crippen LogP contribution in [0.4, 0.5) is 0 Å². The lowest BCUT2D eigenvalue weighted by Gasteiger charge is -2.11. The van der Waals surface area contributed by atoms with E-state index in [-0.39, 0.29) is 12.5 Å². The average Bonchev–Trinajstić information content (AvgIpc) is 3.08. The Morgan fingerprint density at radius 1 is 1.27 bits per heavy atom.